The molecule has 3 aromatic rings. The van der Waals surface area contributed by atoms with Gasteiger partial charge in [-0.1, -0.05) is 32.9 Å². The van der Waals surface area contributed by atoms with E-state index in [4.69, 9.17) is 4.74 Å². The van der Waals surface area contributed by atoms with E-state index in [0.29, 0.717) is 31.0 Å². The standard InChI is InChI=1S/C27H32N4O3/c1-27(2,3)18-25(32)28-19-9-11-20(12-10-19)30-13-15-31(16-14-30)26(33)23-17-24(34-4)21-7-5-6-8-22(21)29-23/h5-12,17H,13-16,18H2,1-4H3,(H,28,32). The summed E-state index contributed by atoms with van der Waals surface area (Å²) in [7, 11) is 1.61. The third-order valence-electron chi connectivity index (χ3n) is 5.89. The molecule has 2 amide bonds. The van der Waals surface area contributed by atoms with E-state index in [9.17, 15) is 9.59 Å². The molecule has 1 aliphatic heterocycles. The molecule has 0 aliphatic carbocycles. The number of benzene rings is 2. The number of rotatable bonds is 5. The normalized spacial score (nSPS) is 14.2. The molecule has 0 radical (unpaired) electrons. The van der Waals surface area contributed by atoms with E-state index in [0.717, 1.165) is 35.4 Å². The van der Waals surface area contributed by atoms with Crippen LogP contribution in [0.1, 0.15) is 37.7 Å². The molecule has 1 aromatic heterocycles. The summed E-state index contributed by atoms with van der Waals surface area (Å²) in [6.45, 7) is 8.82. The van der Waals surface area contributed by atoms with Crippen LogP contribution in [0.2, 0.25) is 0 Å². The fourth-order valence-electron chi connectivity index (χ4n) is 4.19. The van der Waals surface area contributed by atoms with Gasteiger partial charge in [0.25, 0.3) is 5.91 Å². The van der Waals surface area contributed by atoms with Gasteiger partial charge in [0.2, 0.25) is 5.91 Å². The Balaban J connectivity index is 1.37. The number of nitrogens with one attached hydrogen (secondary N) is 1. The van der Waals surface area contributed by atoms with Crippen LogP contribution in [-0.2, 0) is 4.79 Å². The minimum absolute atomic E-state index is 0.0197. The number of methoxy groups -OCH3 is 1. The highest BCUT2D eigenvalue weighted by molar-refractivity contribution is 5.97. The minimum Gasteiger partial charge on any atom is -0.496 e. The number of ether oxygens (including phenoxy) is 1. The zero-order chi connectivity index (χ0) is 24.3. The Kier molecular flexibility index (Phi) is 6.72. The summed E-state index contributed by atoms with van der Waals surface area (Å²) in [5.74, 6) is 0.592. The van der Waals surface area contributed by atoms with Crippen LogP contribution in [0, 0.1) is 5.41 Å². The number of hydrogen-bond acceptors (Lipinski definition) is 5. The number of hydrogen-bond donors (Lipinski definition) is 1. The van der Waals surface area contributed by atoms with Gasteiger partial charge in [0.1, 0.15) is 11.4 Å². The van der Waals surface area contributed by atoms with E-state index in [-0.39, 0.29) is 17.2 Å². The summed E-state index contributed by atoms with van der Waals surface area (Å²) in [5, 5.41) is 3.86. The molecule has 1 aliphatic rings. The quantitative estimate of drug-likeness (QED) is 0.603. The molecule has 4 rings (SSSR count). The lowest BCUT2D eigenvalue weighted by Crippen LogP contribution is -2.49. The molecule has 2 heterocycles. The Morgan fingerprint density at radius 1 is 1.00 bits per heavy atom. The number of piperazine rings is 1. The van der Waals surface area contributed by atoms with Gasteiger partial charge in [0.05, 0.1) is 12.6 Å². The van der Waals surface area contributed by atoms with Crippen LogP contribution in [0.5, 0.6) is 5.75 Å². The van der Waals surface area contributed by atoms with Crippen molar-refractivity contribution in [2.75, 3.05) is 43.5 Å². The van der Waals surface area contributed by atoms with Crippen molar-refractivity contribution >= 4 is 34.1 Å². The predicted molar refractivity (Wildman–Crippen MR) is 136 cm³/mol. The lowest BCUT2D eigenvalue weighted by atomic mass is 9.92. The molecule has 1 saturated heterocycles. The van der Waals surface area contributed by atoms with E-state index in [1.807, 2.05) is 74.2 Å². The van der Waals surface area contributed by atoms with Gasteiger partial charge < -0.3 is 19.9 Å². The van der Waals surface area contributed by atoms with Gasteiger partial charge in [-0.05, 0) is 41.8 Å². The largest absolute Gasteiger partial charge is 0.496 e. The molecule has 2 aromatic carbocycles. The van der Waals surface area contributed by atoms with Gasteiger partial charge >= 0.3 is 0 Å². The first kappa shape index (κ1) is 23.5. The lowest BCUT2D eigenvalue weighted by molar-refractivity contribution is -0.117. The van der Waals surface area contributed by atoms with Gasteiger partial charge in [-0.15, -0.1) is 0 Å². The number of nitrogens with zero attached hydrogens (tertiary/aromatic N) is 3. The Labute approximate surface area is 200 Å². The van der Waals surface area contributed by atoms with Crippen molar-refractivity contribution in [3.8, 4) is 5.75 Å². The summed E-state index contributed by atoms with van der Waals surface area (Å²) >= 11 is 0. The van der Waals surface area contributed by atoms with E-state index in [2.05, 4.69) is 15.2 Å². The summed E-state index contributed by atoms with van der Waals surface area (Å²) in [5.41, 5.74) is 2.97. The molecule has 0 bridgehead atoms. The van der Waals surface area contributed by atoms with Crippen LogP contribution in [0.15, 0.2) is 54.6 Å². The first-order valence-electron chi connectivity index (χ1n) is 11.6. The fourth-order valence-corrected chi connectivity index (χ4v) is 4.19. The Hall–Kier alpha value is -3.61. The number of carbonyl (C=O) groups is 2. The number of amides is 2. The smallest absolute Gasteiger partial charge is 0.272 e. The highest BCUT2D eigenvalue weighted by Gasteiger charge is 2.24. The van der Waals surface area contributed by atoms with E-state index < -0.39 is 0 Å². The lowest BCUT2D eigenvalue weighted by Gasteiger charge is -2.36. The second-order valence-electron chi connectivity index (χ2n) is 9.84. The van der Waals surface area contributed by atoms with Crippen molar-refractivity contribution in [1.82, 2.24) is 9.88 Å². The number of carbonyl (C=O) groups excluding carboxylic acids is 2. The third kappa shape index (κ3) is 5.47. The first-order chi connectivity index (χ1) is 16.2. The van der Waals surface area contributed by atoms with E-state index >= 15 is 0 Å². The van der Waals surface area contributed by atoms with Crippen LogP contribution in [-0.4, -0.2) is 55.0 Å². The third-order valence-corrected chi connectivity index (χ3v) is 5.89. The SMILES string of the molecule is COc1cc(C(=O)N2CCN(c3ccc(NC(=O)CC(C)(C)C)cc3)CC2)nc2ccccc12. The maximum absolute atomic E-state index is 13.2. The van der Waals surface area contributed by atoms with Crippen molar-refractivity contribution in [1.29, 1.82) is 0 Å². The number of anilines is 2. The first-order valence-corrected chi connectivity index (χ1v) is 11.6. The van der Waals surface area contributed by atoms with Gasteiger partial charge in [-0.2, -0.15) is 0 Å². The number of pyridine rings is 1. The second-order valence-corrected chi connectivity index (χ2v) is 9.84. The molecule has 7 heteroatoms. The molecule has 1 fully saturated rings. The summed E-state index contributed by atoms with van der Waals surface area (Å²) in [6, 6.07) is 17.3. The van der Waals surface area contributed by atoms with Crippen LogP contribution in [0.3, 0.4) is 0 Å². The fraction of sp³-hybridized carbons (Fsp3) is 0.370. The van der Waals surface area contributed by atoms with Crippen molar-refractivity contribution in [3.05, 3.63) is 60.3 Å². The Morgan fingerprint density at radius 3 is 2.32 bits per heavy atom. The zero-order valence-electron chi connectivity index (χ0n) is 20.3. The summed E-state index contributed by atoms with van der Waals surface area (Å²) < 4.78 is 5.49. The zero-order valence-corrected chi connectivity index (χ0v) is 20.3. The number of para-hydroxylation sites is 1. The molecule has 0 atom stereocenters. The van der Waals surface area contributed by atoms with Gasteiger partial charge in [-0.3, -0.25) is 9.59 Å². The maximum atomic E-state index is 13.2. The van der Waals surface area contributed by atoms with Crippen LogP contribution < -0.4 is 15.0 Å². The van der Waals surface area contributed by atoms with E-state index in [1.54, 1.807) is 13.2 Å². The van der Waals surface area contributed by atoms with Gasteiger partial charge in [-0.25, -0.2) is 4.98 Å². The molecule has 1 N–H and O–H groups in total. The van der Waals surface area contributed by atoms with Crippen LogP contribution in [0.4, 0.5) is 11.4 Å². The molecule has 7 nitrogen and oxygen atoms in total. The predicted octanol–water partition coefficient (Wildman–Crippen LogP) is 4.58. The Morgan fingerprint density at radius 2 is 1.68 bits per heavy atom. The highest BCUT2D eigenvalue weighted by atomic mass is 16.5. The van der Waals surface area contributed by atoms with Crippen molar-refractivity contribution in [3.63, 3.8) is 0 Å². The second kappa shape index (κ2) is 9.71. The molecule has 0 saturated carbocycles. The molecule has 34 heavy (non-hydrogen) atoms. The average Bonchev–Trinajstić information content (AvgIpc) is 2.82. The van der Waals surface area contributed by atoms with E-state index in [1.165, 1.54) is 0 Å². The summed E-state index contributed by atoms with van der Waals surface area (Å²) in [4.78, 5) is 34.0. The van der Waals surface area contributed by atoms with Crippen molar-refractivity contribution in [2.24, 2.45) is 5.41 Å². The van der Waals surface area contributed by atoms with Crippen LogP contribution >= 0.6 is 0 Å². The monoisotopic (exact) mass is 460 g/mol. The molecule has 178 valence electrons. The summed E-state index contributed by atoms with van der Waals surface area (Å²) in [6.07, 6.45) is 0.475. The molecule has 0 unspecified atom stereocenters. The van der Waals surface area contributed by atoms with Crippen LogP contribution in [0.25, 0.3) is 10.9 Å². The highest BCUT2D eigenvalue weighted by Crippen LogP contribution is 2.26. The van der Waals surface area contributed by atoms with Crippen molar-refractivity contribution in [2.45, 2.75) is 27.2 Å². The minimum atomic E-state index is -0.0828. The maximum Gasteiger partial charge on any atom is 0.272 e. The topological polar surface area (TPSA) is 74.8 Å². The Bertz CT molecular complexity index is 1180. The number of fused-ring (bicyclic) bond motifs is 1. The average molecular weight is 461 g/mol. The van der Waals surface area contributed by atoms with Crippen molar-refractivity contribution < 1.29 is 14.3 Å². The van der Waals surface area contributed by atoms with Gasteiger partial charge in [0, 0.05) is 55.4 Å². The van der Waals surface area contributed by atoms with Gasteiger partial charge in [0.15, 0.2) is 0 Å². The molecular formula is C27H32N4O3. The number of aromatic nitrogens is 1. The molecular weight excluding hydrogens is 428 g/mol. The molecule has 0 spiro atoms.